The van der Waals surface area contributed by atoms with Gasteiger partial charge in [-0.15, -0.1) is 11.3 Å². The minimum atomic E-state index is -0.805. The minimum absolute atomic E-state index is 0.0116. The first-order valence-electron chi connectivity index (χ1n) is 10.8. The number of nitrogens with one attached hydrogen (secondary N) is 1. The maximum Gasteiger partial charge on any atom is 0.313 e. The summed E-state index contributed by atoms with van der Waals surface area (Å²) in [4.78, 5) is 47.6. The summed E-state index contributed by atoms with van der Waals surface area (Å²) in [6.07, 6.45) is 4.78. The maximum absolute atomic E-state index is 13.2. The third kappa shape index (κ3) is 4.91. The second-order valence-electron chi connectivity index (χ2n) is 8.21. The van der Waals surface area contributed by atoms with Crippen LogP contribution in [-0.2, 0) is 9.59 Å². The molecule has 176 valence electrons. The molecule has 1 saturated heterocycles. The molecule has 0 saturated carbocycles. The van der Waals surface area contributed by atoms with E-state index in [4.69, 9.17) is 10.5 Å². The van der Waals surface area contributed by atoms with E-state index in [0.29, 0.717) is 6.54 Å². The molecule has 4 rings (SSSR count). The Morgan fingerprint density at radius 3 is 2.59 bits per heavy atom. The lowest BCUT2D eigenvalue weighted by atomic mass is 9.89. The molecule has 9 nitrogen and oxygen atoms in total. The average Bonchev–Trinajstić information content (AvgIpc) is 3.38. The number of aromatic nitrogens is 2. The molecule has 1 aliphatic heterocycles. The zero-order valence-electron chi connectivity index (χ0n) is 18.9. The van der Waals surface area contributed by atoms with Crippen LogP contribution in [0.25, 0.3) is 10.6 Å². The highest BCUT2D eigenvalue weighted by atomic mass is 32.1. The predicted molar refractivity (Wildman–Crippen MR) is 128 cm³/mol. The molecule has 0 radical (unpaired) electrons. The van der Waals surface area contributed by atoms with Gasteiger partial charge in [0.05, 0.1) is 25.0 Å². The third-order valence-corrected chi connectivity index (χ3v) is 6.64. The number of piperidine rings is 1. The molecule has 2 aromatic heterocycles. The van der Waals surface area contributed by atoms with E-state index in [1.807, 2.05) is 29.6 Å². The Morgan fingerprint density at radius 2 is 1.94 bits per heavy atom. The van der Waals surface area contributed by atoms with Crippen molar-refractivity contribution >= 4 is 34.7 Å². The van der Waals surface area contributed by atoms with Crippen molar-refractivity contribution in [3.8, 4) is 16.5 Å². The zero-order chi connectivity index (χ0) is 24.2. The number of likely N-dealkylation sites (tertiary alicyclic amines) is 1. The fraction of sp³-hybridized carbons (Fsp3) is 0.292. The number of nitrogens with zero attached hydrogens (tertiary/aromatic N) is 3. The van der Waals surface area contributed by atoms with E-state index in [2.05, 4.69) is 22.2 Å². The highest BCUT2D eigenvalue weighted by molar-refractivity contribution is 7.13. The molecule has 10 heteroatoms. The van der Waals surface area contributed by atoms with Crippen LogP contribution in [0.3, 0.4) is 0 Å². The number of hydrogen-bond donors (Lipinski definition) is 2. The van der Waals surface area contributed by atoms with E-state index in [0.717, 1.165) is 29.0 Å². The lowest BCUT2D eigenvalue weighted by Gasteiger charge is -2.38. The van der Waals surface area contributed by atoms with Crippen LogP contribution in [0.15, 0.2) is 48.1 Å². The van der Waals surface area contributed by atoms with Gasteiger partial charge in [-0.05, 0) is 30.4 Å². The number of rotatable bonds is 5. The molecule has 1 unspecified atom stereocenters. The van der Waals surface area contributed by atoms with Crippen LogP contribution in [0, 0.1) is 5.92 Å². The Kier molecular flexibility index (Phi) is 6.87. The van der Waals surface area contributed by atoms with Crippen molar-refractivity contribution in [2.75, 3.05) is 19.0 Å². The molecule has 1 fully saturated rings. The van der Waals surface area contributed by atoms with E-state index >= 15 is 0 Å². The van der Waals surface area contributed by atoms with Gasteiger partial charge in [-0.3, -0.25) is 14.4 Å². The molecule has 1 aromatic carbocycles. The SMILES string of the molecule is COc1ncc(NC(=O)C(=O)N2C[C@@H](C)CCC2c2ccc(-c3nccs3)cc2)cc1C(N)=O. The number of hydrogen-bond acceptors (Lipinski definition) is 7. The molecule has 2 atom stereocenters. The summed E-state index contributed by atoms with van der Waals surface area (Å²) in [6.45, 7) is 2.53. The fourth-order valence-electron chi connectivity index (χ4n) is 4.11. The quantitative estimate of drug-likeness (QED) is 0.541. The van der Waals surface area contributed by atoms with Gasteiger partial charge >= 0.3 is 11.8 Å². The number of primary amides is 1. The van der Waals surface area contributed by atoms with Crippen molar-refractivity contribution in [3.05, 3.63) is 59.2 Å². The first-order valence-corrected chi connectivity index (χ1v) is 11.7. The molecule has 0 spiro atoms. The van der Waals surface area contributed by atoms with E-state index in [9.17, 15) is 14.4 Å². The molecular formula is C24H25N5O4S. The summed E-state index contributed by atoms with van der Waals surface area (Å²) in [5.41, 5.74) is 7.53. The number of benzene rings is 1. The lowest BCUT2D eigenvalue weighted by molar-refractivity contribution is -0.146. The standard InChI is InChI=1S/C24H25N5O4S/c1-14-3-8-19(15-4-6-16(7-5-15)23-26-9-10-34-23)29(13-14)24(32)21(31)28-17-11-18(20(25)30)22(33-2)27-12-17/h4-7,9-12,14,19H,3,8,13H2,1-2H3,(H2,25,30)(H,28,31)/t14-,19?/m0/s1. The van der Waals surface area contributed by atoms with Crippen molar-refractivity contribution in [3.63, 3.8) is 0 Å². The fourth-order valence-corrected chi connectivity index (χ4v) is 4.76. The number of nitrogens with two attached hydrogens (primary N) is 1. The first-order chi connectivity index (χ1) is 16.4. The van der Waals surface area contributed by atoms with Crippen molar-refractivity contribution < 1.29 is 19.1 Å². The van der Waals surface area contributed by atoms with E-state index in [-0.39, 0.29) is 29.1 Å². The number of carbonyl (C=O) groups excluding carboxylic acids is 3. The third-order valence-electron chi connectivity index (χ3n) is 5.82. The van der Waals surface area contributed by atoms with Crippen LogP contribution < -0.4 is 15.8 Å². The Labute approximate surface area is 201 Å². The summed E-state index contributed by atoms with van der Waals surface area (Å²) in [5.74, 6) is -1.88. The summed E-state index contributed by atoms with van der Waals surface area (Å²) in [5, 5.41) is 5.39. The Balaban J connectivity index is 1.53. The summed E-state index contributed by atoms with van der Waals surface area (Å²) in [7, 11) is 1.36. The Morgan fingerprint density at radius 1 is 1.18 bits per heavy atom. The molecule has 1 aliphatic rings. The molecule has 3 heterocycles. The summed E-state index contributed by atoms with van der Waals surface area (Å²) in [6, 6.07) is 9.08. The highest BCUT2D eigenvalue weighted by Crippen LogP contribution is 2.34. The molecule has 34 heavy (non-hydrogen) atoms. The number of methoxy groups -OCH3 is 1. The Bertz CT molecular complexity index is 1200. The molecular weight excluding hydrogens is 454 g/mol. The number of carbonyl (C=O) groups is 3. The smallest absolute Gasteiger partial charge is 0.313 e. The predicted octanol–water partition coefficient (Wildman–Crippen LogP) is 3.25. The van der Waals surface area contributed by atoms with E-state index < -0.39 is 17.7 Å². The topological polar surface area (TPSA) is 128 Å². The summed E-state index contributed by atoms with van der Waals surface area (Å²) >= 11 is 1.56. The second kappa shape index (κ2) is 10.0. The van der Waals surface area contributed by atoms with Crippen LogP contribution in [0.4, 0.5) is 5.69 Å². The van der Waals surface area contributed by atoms with Gasteiger partial charge in [0.25, 0.3) is 5.91 Å². The number of thiazole rings is 1. The zero-order valence-corrected chi connectivity index (χ0v) is 19.7. The van der Waals surface area contributed by atoms with Gasteiger partial charge in [0.2, 0.25) is 5.88 Å². The Hall–Kier alpha value is -3.79. The normalized spacial score (nSPS) is 17.8. The summed E-state index contributed by atoms with van der Waals surface area (Å²) < 4.78 is 5.01. The van der Waals surface area contributed by atoms with Crippen LogP contribution >= 0.6 is 11.3 Å². The average molecular weight is 480 g/mol. The van der Waals surface area contributed by atoms with E-state index in [1.165, 1.54) is 19.4 Å². The maximum atomic E-state index is 13.2. The van der Waals surface area contributed by atoms with Crippen molar-refractivity contribution in [1.82, 2.24) is 14.9 Å². The van der Waals surface area contributed by atoms with Crippen LogP contribution in [0.5, 0.6) is 5.88 Å². The molecule has 3 aromatic rings. The molecule has 0 aliphatic carbocycles. The van der Waals surface area contributed by atoms with Gasteiger partial charge in [-0.2, -0.15) is 0 Å². The minimum Gasteiger partial charge on any atom is -0.480 e. The first kappa shape index (κ1) is 23.4. The lowest BCUT2D eigenvalue weighted by Crippen LogP contribution is -2.46. The van der Waals surface area contributed by atoms with Gasteiger partial charge in [-0.25, -0.2) is 9.97 Å². The monoisotopic (exact) mass is 479 g/mol. The van der Waals surface area contributed by atoms with Crippen molar-refractivity contribution in [1.29, 1.82) is 0 Å². The number of amides is 3. The van der Waals surface area contributed by atoms with Gasteiger partial charge in [0.1, 0.15) is 10.6 Å². The van der Waals surface area contributed by atoms with Gasteiger partial charge in [0, 0.05) is 23.7 Å². The van der Waals surface area contributed by atoms with Crippen LogP contribution in [0.1, 0.15) is 41.7 Å². The van der Waals surface area contributed by atoms with Crippen LogP contribution in [0.2, 0.25) is 0 Å². The molecule has 0 bridgehead atoms. The molecule has 3 N–H and O–H groups in total. The second-order valence-corrected chi connectivity index (χ2v) is 9.11. The van der Waals surface area contributed by atoms with Gasteiger partial charge in [-0.1, -0.05) is 31.2 Å². The van der Waals surface area contributed by atoms with Crippen molar-refractivity contribution in [2.45, 2.75) is 25.8 Å². The number of ether oxygens (including phenoxy) is 1. The largest absolute Gasteiger partial charge is 0.480 e. The van der Waals surface area contributed by atoms with E-state index in [1.54, 1.807) is 22.4 Å². The van der Waals surface area contributed by atoms with Gasteiger partial charge < -0.3 is 20.7 Å². The van der Waals surface area contributed by atoms with Gasteiger partial charge in [0.15, 0.2) is 0 Å². The van der Waals surface area contributed by atoms with Crippen LogP contribution in [-0.4, -0.2) is 46.2 Å². The highest BCUT2D eigenvalue weighted by Gasteiger charge is 2.34. The number of pyridine rings is 1. The molecule has 3 amide bonds. The van der Waals surface area contributed by atoms with Crippen molar-refractivity contribution in [2.24, 2.45) is 11.7 Å². The number of anilines is 1.